The first-order valence-corrected chi connectivity index (χ1v) is 12.1. The summed E-state index contributed by atoms with van der Waals surface area (Å²) in [6.45, 7) is 4.36. The second-order valence-corrected chi connectivity index (χ2v) is 9.93. The zero-order chi connectivity index (χ0) is 23.3. The Kier molecular flexibility index (Phi) is 5.87. The summed E-state index contributed by atoms with van der Waals surface area (Å²) in [4.78, 5) is 15.4. The predicted octanol–water partition coefficient (Wildman–Crippen LogP) is 2.05. The van der Waals surface area contributed by atoms with E-state index in [1.165, 1.54) is 18.1 Å². The summed E-state index contributed by atoms with van der Waals surface area (Å²) in [6.07, 6.45) is 4.52. The molecule has 3 aliphatic heterocycles. The number of fused-ring (bicyclic) bond motifs is 3. The van der Waals surface area contributed by atoms with Crippen LogP contribution < -0.4 is 0 Å². The van der Waals surface area contributed by atoms with Crippen LogP contribution in [0.4, 0.5) is 0 Å². The molecule has 3 atom stereocenters. The average molecular weight is 466 g/mol. The highest BCUT2D eigenvalue weighted by molar-refractivity contribution is 7.80. The molecule has 176 valence electrons. The molecule has 1 aromatic carbocycles. The number of rotatable bonds is 3. The molecule has 3 aliphatic rings. The largest absolute Gasteiger partial charge is 0.726 e. The molecule has 1 fully saturated rings. The fourth-order valence-corrected chi connectivity index (χ4v) is 6.10. The van der Waals surface area contributed by atoms with Crippen molar-refractivity contribution in [3.05, 3.63) is 35.5 Å². The lowest BCUT2D eigenvalue weighted by Gasteiger charge is -2.57. The Morgan fingerprint density at radius 3 is 2.59 bits per heavy atom. The van der Waals surface area contributed by atoms with E-state index in [0.717, 1.165) is 57.1 Å². The average Bonchev–Trinajstić information content (AvgIpc) is 3.13. The van der Waals surface area contributed by atoms with E-state index in [0.29, 0.717) is 6.42 Å². The number of aromatic nitrogens is 1. The highest BCUT2D eigenvalue weighted by atomic mass is 32.3. The molecular formula is C22H29N2O7S-. The maximum Gasteiger partial charge on any atom is 0.359 e. The Morgan fingerprint density at radius 1 is 1.28 bits per heavy atom. The minimum absolute atomic E-state index is 0.0826. The molecule has 0 aliphatic carbocycles. The molecule has 0 amide bonds. The van der Waals surface area contributed by atoms with Crippen LogP contribution in [-0.4, -0.2) is 60.8 Å². The van der Waals surface area contributed by atoms with Crippen LogP contribution in [0.5, 0.6) is 0 Å². The van der Waals surface area contributed by atoms with Gasteiger partial charge in [0.2, 0.25) is 16.1 Å². The van der Waals surface area contributed by atoms with Gasteiger partial charge in [0, 0.05) is 24.0 Å². The summed E-state index contributed by atoms with van der Waals surface area (Å²) in [6, 6.07) is 8.45. The molecule has 1 aromatic heterocycles. The van der Waals surface area contributed by atoms with Gasteiger partial charge in [0.1, 0.15) is 0 Å². The molecule has 4 heterocycles. The van der Waals surface area contributed by atoms with Crippen molar-refractivity contribution in [1.82, 2.24) is 9.47 Å². The van der Waals surface area contributed by atoms with Crippen molar-refractivity contribution in [3.8, 4) is 0 Å². The molecule has 0 saturated carbocycles. The predicted molar refractivity (Wildman–Crippen MR) is 115 cm³/mol. The topological polar surface area (TPSA) is 121 Å². The van der Waals surface area contributed by atoms with Gasteiger partial charge < -0.3 is 19.0 Å². The van der Waals surface area contributed by atoms with Crippen LogP contribution in [0.1, 0.15) is 49.9 Å². The second kappa shape index (κ2) is 8.11. The van der Waals surface area contributed by atoms with E-state index in [1.54, 1.807) is 0 Å². The van der Waals surface area contributed by atoms with Crippen LogP contribution in [-0.2, 0) is 36.3 Å². The summed E-state index contributed by atoms with van der Waals surface area (Å²) >= 11 is 0. The fourth-order valence-electron chi connectivity index (χ4n) is 6.10. The van der Waals surface area contributed by atoms with E-state index < -0.39 is 22.1 Å². The molecular weight excluding hydrogens is 436 g/mol. The second-order valence-electron chi connectivity index (χ2n) is 8.78. The number of methoxy groups -OCH3 is 1. The number of carbonyl (C=O) groups excluding carboxylic acids is 1. The number of piperidine rings is 1. The van der Waals surface area contributed by atoms with Crippen molar-refractivity contribution in [2.24, 2.45) is 5.41 Å². The zero-order valence-electron chi connectivity index (χ0n) is 18.5. The van der Waals surface area contributed by atoms with Crippen molar-refractivity contribution in [2.45, 2.75) is 50.8 Å². The zero-order valence-corrected chi connectivity index (χ0v) is 19.4. The highest BCUT2D eigenvalue weighted by Gasteiger charge is 2.60. The molecule has 0 radical (unpaired) electrons. The number of esters is 1. The minimum atomic E-state index is -4.41. The molecule has 5 rings (SSSR count). The Balaban J connectivity index is 0.000000363. The monoisotopic (exact) mass is 465 g/mol. The Hall–Kier alpha value is -1.98. The maximum absolute atomic E-state index is 12.8. The number of carbonyl (C=O) groups is 1. The highest BCUT2D eigenvalue weighted by Crippen LogP contribution is 2.60. The van der Waals surface area contributed by atoms with Gasteiger partial charge in [-0.05, 0) is 49.3 Å². The smallest absolute Gasteiger partial charge is 0.359 e. The lowest BCUT2D eigenvalue weighted by molar-refractivity contribution is -0.194. The van der Waals surface area contributed by atoms with Gasteiger partial charge in [-0.1, -0.05) is 25.1 Å². The fraction of sp³-hybridized carbons (Fsp3) is 0.591. The van der Waals surface area contributed by atoms with Gasteiger partial charge in [-0.3, -0.25) is 9.08 Å². The van der Waals surface area contributed by atoms with E-state index in [-0.39, 0.29) is 11.5 Å². The standard InChI is InChI=1S/C21H26N2O3.CH4O4S/c1-3-20-10-6-11-22-12-9-15-14-7-4-5-8-16(14)23(17(15)18(20)22)21(25,13-20)19(24)26-2;1-5-6(2,3)4/h4-5,7-8,18,25H,3,6,9-13H2,1-2H3;1H3,(H,2,3,4)/p-1/t18-,20+,21+;/m1./s1. The molecule has 0 unspecified atom stereocenters. The summed E-state index contributed by atoms with van der Waals surface area (Å²) in [5.74, 6) is -0.546. The molecule has 10 heteroatoms. The van der Waals surface area contributed by atoms with Crippen molar-refractivity contribution in [3.63, 3.8) is 0 Å². The lowest BCUT2D eigenvalue weighted by Crippen LogP contribution is -2.60. The van der Waals surface area contributed by atoms with E-state index in [1.807, 2.05) is 22.8 Å². The molecule has 9 nitrogen and oxygen atoms in total. The number of para-hydroxylation sites is 1. The third kappa shape index (κ3) is 3.45. The van der Waals surface area contributed by atoms with Crippen LogP contribution in [0, 0.1) is 5.41 Å². The van der Waals surface area contributed by atoms with Crippen LogP contribution in [0.2, 0.25) is 0 Å². The van der Waals surface area contributed by atoms with Crippen LogP contribution in [0.25, 0.3) is 10.9 Å². The minimum Gasteiger partial charge on any atom is -0.726 e. The summed E-state index contributed by atoms with van der Waals surface area (Å²) in [5, 5.41) is 12.9. The molecule has 1 saturated heterocycles. The first-order chi connectivity index (χ1) is 15.1. The first-order valence-electron chi connectivity index (χ1n) is 10.8. The Morgan fingerprint density at radius 2 is 1.97 bits per heavy atom. The van der Waals surface area contributed by atoms with E-state index in [2.05, 4.69) is 22.1 Å². The quantitative estimate of drug-likeness (QED) is 0.415. The van der Waals surface area contributed by atoms with Gasteiger partial charge in [-0.15, -0.1) is 0 Å². The van der Waals surface area contributed by atoms with Gasteiger partial charge >= 0.3 is 5.97 Å². The third-order valence-corrected chi connectivity index (χ3v) is 7.79. The van der Waals surface area contributed by atoms with Crippen molar-refractivity contribution < 1.29 is 31.8 Å². The molecule has 0 bridgehead atoms. The molecule has 0 spiro atoms. The Bertz CT molecular complexity index is 1140. The number of hydrogen-bond donors (Lipinski definition) is 1. The number of nitrogens with zero attached hydrogens (tertiary/aromatic N) is 2. The number of ether oxygens (including phenoxy) is 1. The number of aliphatic hydroxyl groups is 1. The molecule has 1 N–H and O–H groups in total. The summed E-state index contributed by atoms with van der Waals surface area (Å²) < 4.78 is 38.0. The molecule has 2 aromatic rings. The number of hydrogen-bond acceptors (Lipinski definition) is 8. The van der Waals surface area contributed by atoms with Gasteiger partial charge in [-0.2, -0.15) is 0 Å². The van der Waals surface area contributed by atoms with Crippen molar-refractivity contribution in [1.29, 1.82) is 0 Å². The van der Waals surface area contributed by atoms with Gasteiger partial charge in [0.15, 0.2) is 0 Å². The third-order valence-electron chi connectivity index (χ3n) is 7.38. The lowest BCUT2D eigenvalue weighted by atomic mass is 9.62. The molecule has 32 heavy (non-hydrogen) atoms. The maximum atomic E-state index is 12.8. The number of benzene rings is 1. The van der Waals surface area contributed by atoms with Gasteiger partial charge in [-0.25, -0.2) is 13.2 Å². The Labute approximate surface area is 187 Å². The van der Waals surface area contributed by atoms with Crippen LogP contribution >= 0.6 is 0 Å². The van der Waals surface area contributed by atoms with E-state index in [9.17, 15) is 22.9 Å². The van der Waals surface area contributed by atoms with Gasteiger partial charge in [0.05, 0.1) is 25.8 Å². The van der Waals surface area contributed by atoms with E-state index >= 15 is 0 Å². The van der Waals surface area contributed by atoms with Crippen molar-refractivity contribution >= 4 is 27.3 Å². The van der Waals surface area contributed by atoms with Gasteiger partial charge in [0.25, 0.3) is 0 Å². The van der Waals surface area contributed by atoms with E-state index in [4.69, 9.17) is 4.74 Å². The summed E-state index contributed by atoms with van der Waals surface area (Å²) in [5.41, 5.74) is 1.69. The first kappa shape index (κ1) is 23.2. The summed E-state index contributed by atoms with van der Waals surface area (Å²) in [7, 11) is -2.23. The van der Waals surface area contributed by atoms with Crippen LogP contribution in [0.15, 0.2) is 24.3 Å². The SMILES string of the molecule is CC[C@]12CCCN3CCc4c(n(c5ccccc45)[C@@](O)(C(=O)OC)C1)[C@@H]32.COS(=O)(=O)[O-]. The van der Waals surface area contributed by atoms with Crippen LogP contribution in [0.3, 0.4) is 0 Å². The van der Waals surface area contributed by atoms with Crippen molar-refractivity contribution in [2.75, 3.05) is 27.3 Å². The normalized spacial score (nSPS) is 29.1.